The molecule has 3 rings (SSSR count). The minimum Gasteiger partial charge on any atom is -0.470 e. The van der Waals surface area contributed by atoms with Gasteiger partial charge >= 0.3 is 0 Å². The number of halogens is 1. The molecule has 1 amide bonds. The van der Waals surface area contributed by atoms with E-state index in [1.165, 1.54) is 11.8 Å². The fourth-order valence-electron chi connectivity index (χ4n) is 2.75. The molecule has 0 saturated carbocycles. The molecule has 1 unspecified atom stereocenters. The Labute approximate surface area is 194 Å². The monoisotopic (exact) mass is 501 g/mol. The number of carbonyl (C=O) groups is 1. The number of oxime groups is 1. The average Bonchev–Trinajstić information content (AvgIpc) is 2.75. The van der Waals surface area contributed by atoms with Crippen molar-refractivity contribution in [3.63, 3.8) is 0 Å². The number of benzene rings is 2. The highest BCUT2D eigenvalue weighted by Gasteiger charge is 2.26. The molecule has 0 aliphatic heterocycles. The Morgan fingerprint density at radius 3 is 2.77 bits per heavy atom. The van der Waals surface area contributed by atoms with Crippen LogP contribution in [0.15, 0.2) is 70.4 Å². The summed E-state index contributed by atoms with van der Waals surface area (Å²) in [5, 5.41) is 7.87. The van der Waals surface area contributed by atoms with Crippen LogP contribution in [0.1, 0.15) is 19.4 Å². The maximum absolute atomic E-state index is 12.8. The second kappa shape index (κ2) is 10.6. The van der Waals surface area contributed by atoms with Crippen molar-refractivity contribution in [2.24, 2.45) is 5.16 Å². The van der Waals surface area contributed by atoms with Crippen LogP contribution in [0.2, 0.25) is 0 Å². The molecule has 1 N–H and O–H groups in total. The van der Waals surface area contributed by atoms with Crippen LogP contribution in [0.3, 0.4) is 0 Å². The zero-order valence-corrected chi connectivity index (χ0v) is 19.9. The van der Waals surface area contributed by atoms with Gasteiger partial charge in [-0.05, 0) is 65.9 Å². The van der Waals surface area contributed by atoms with E-state index in [0.717, 1.165) is 20.9 Å². The van der Waals surface area contributed by atoms with E-state index in [0.29, 0.717) is 12.4 Å². The third-order valence-corrected chi connectivity index (χ3v) is 5.43. The Bertz CT molecular complexity index is 1060. The van der Waals surface area contributed by atoms with Crippen LogP contribution in [0, 0.1) is 0 Å². The Balaban J connectivity index is 1.58. The number of thioether (sulfide) groups is 1. The fourth-order valence-corrected chi connectivity index (χ4v) is 3.58. The van der Waals surface area contributed by atoms with Gasteiger partial charge in [0.25, 0.3) is 5.91 Å². The zero-order chi connectivity index (χ0) is 22.3. The zero-order valence-electron chi connectivity index (χ0n) is 17.5. The van der Waals surface area contributed by atoms with Crippen LogP contribution in [0.4, 0.5) is 0 Å². The summed E-state index contributed by atoms with van der Waals surface area (Å²) < 4.78 is 6.82. The van der Waals surface area contributed by atoms with Crippen LogP contribution in [0.25, 0.3) is 10.9 Å². The molecule has 0 bridgehead atoms. The molecule has 0 aliphatic carbocycles. The number of hydrogen-bond acceptors (Lipinski definition) is 6. The van der Waals surface area contributed by atoms with Gasteiger partial charge in [0, 0.05) is 16.1 Å². The SMILES string of the molecule is CSC(Oc1ccc2ncc(Br)cc2c1)C(=O)NC(C)(C)/C=N/OCc1ccccc1. The van der Waals surface area contributed by atoms with Gasteiger partial charge in [-0.2, -0.15) is 0 Å². The van der Waals surface area contributed by atoms with Crippen molar-refractivity contribution in [1.82, 2.24) is 10.3 Å². The molecule has 162 valence electrons. The van der Waals surface area contributed by atoms with Crippen LogP contribution >= 0.6 is 27.7 Å². The molecule has 0 saturated heterocycles. The third kappa shape index (κ3) is 6.97. The summed E-state index contributed by atoms with van der Waals surface area (Å²) in [6, 6.07) is 17.3. The van der Waals surface area contributed by atoms with E-state index >= 15 is 0 Å². The van der Waals surface area contributed by atoms with E-state index in [2.05, 4.69) is 31.4 Å². The molecule has 3 aromatic rings. The lowest BCUT2D eigenvalue weighted by molar-refractivity contribution is -0.125. The fraction of sp³-hybridized carbons (Fsp3) is 0.261. The number of pyridine rings is 1. The Hall–Kier alpha value is -2.58. The van der Waals surface area contributed by atoms with Gasteiger partial charge in [0.1, 0.15) is 12.4 Å². The van der Waals surface area contributed by atoms with Crippen LogP contribution in [-0.2, 0) is 16.2 Å². The molecular formula is C23H24BrN3O3S. The molecule has 0 aliphatic rings. The molecule has 0 fully saturated rings. The lowest BCUT2D eigenvalue weighted by atomic mass is 10.1. The maximum atomic E-state index is 12.8. The van der Waals surface area contributed by atoms with Crippen molar-refractivity contribution >= 4 is 50.7 Å². The third-order valence-electron chi connectivity index (χ3n) is 4.26. The number of ether oxygens (including phenoxy) is 1. The quantitative estimate of drug-likeness (QED) is 0.249. The standard InChI is InChI=1S/C23H24BrN3O3S/c1-23(2,15-26-29-14-16-7-5-4-6-8-16)27-21(28)22(31-3)30-19-9-10-20-17(12-19)11-18(24)13-25-20/h4-13,15,22H,14H2,1-3H3,(H,27,28)/b26-15+. The molecular weight excluding hydrogens is 478 g/mol. The highest BCUT2D eigenvalue weighted by atomic mass is 79.9. The van der Waals surface area contributed by atoms with E-state index < -0.39 is 11.0 Å². The number of rotatable bonds is 9. The number of nitrogens with one attached hydrogen (secondary N) is 1. The van der Waals surface area contributed by atoms with Crippen molar-refractivity contribution in [2.75, 3.05) is 6.26 Å². The summed E-state index contributed by atoms with van der Waals surface area (Å²) in [7, 11) is 0. The maximum Gasteiger partial charge on any atom is 0.272 e. The first-order valence-electron chi connectivity index (χ1n) is 9.63. The summed E-state index contributed by atoms with van der Waals surface area (Å²) in [5.74, 6) is 0.346. The summed E-state index contributed by atoms with van der Waals surface area (Å²) in [6.07, 6.45) is 5.14. The van der Waals surface area contributed by atoms with Crippen molar-refractivity contribution in [3.05, 3.63) is 70.8 Å². The largest absolute Gasteiger partial charge is 0.470 e. The van der Waals surface area contributed by atoms with Gasteiger partial charge in [0.2, 0.25) is 5.44 Å². The first kappa shape index (κ1) is 23.1. The summed E-state index contributed by atoms with van der Waals surface area (Å²) >= 11 is 4.74. The second-order valence-corrected chi connectivity index (χ2v) is 9.21. The van der Waals surface area contributed by atoms with Gasteiger partial charge < -0.3 is 14.9 Å². The van der Waals surface area contributed by atoms with E-state index in [1.807, 2.05) is 74.7 Å². The molecule has 1 heterocycles. The first-order valence-corrected chi connectivity index (χ1v) is 11.7. The van der Waals surface area contributed by atoms with Gasteiger partial charge in [-0.25, -0.2) is 0 Å². The second-order valence-electron chi connectivity index (χ2n) is 7.40. The van der Waals surface area contributed by atoms with Crippen molar-refractivity contribution in [2.45, 2.75) is 31.4 Å². The highest BCUT2D eigenvalue weighted by molar-refractivity contribution is 9.10. The Kier molecular flexibility index (Phi) is 7.92. The molecule has 1 aromatic heterocycles. The van der Waals surface area contributed by atoms with Gasteiger partial charge in [0.05, 0.1) is 17.3 Å². The number of nitrogens with zero attached hydrogens (tertiary/aromatic N) is 2. The van der Waals surface area contributed by atoms with Crippen molar-refractivity contribution in [3.8, 4) is 5.75 Å². The van der Waals surface area contributed by atoms with Crippen LogP contribution in [-0.4, -0.2) is 34.3 Å². The van der Waals surface area contributed by atoms with Gasteiger partial charge in [-0.3, -0.25) is 9.78 Å². The van der Waals surface area contributed by atoms with Crippen molar-refractivity contribution in [1.29, 1.82) is 0 Å². The van der Waals surface area contributed by atoms with E-state index in [1.54, 1.807) is 12.4 Å². The molecule has 31 heavy (non-hydrogen) atoms. The number of amides is 1. The van der Waals surface area contributed by atoms with Crippen molar-refractivity contribution < 1.29 is 14.4 Å². The van der Waals surface area contributed by atoms with Gasteiger partial charge in [-0.15, -0.1) is 11.8 Å². The predicted molar refractivity (Wildman–Crippen MR) is 129 cm³/mol. The van der Waals surface area contributed by atoms with Gasteiger partial charge in [0.15, 0.2) is 0 Å². The van der Waals surface area contributed by atoms with E-state index in [-0.39, 0.29) is 5.91 Å². The first-order chi connectivity index (χ1) is 14.9. The van der Waals surface area contributed by atoms with Crippen LogP contribution in [0.5, 0.6) is 5.75 Å². The minimum atomic E-state index is -0.713. The number of aromatic nitrogens is 1. The number of carbonyl (C=O) groups excluding carboxylic acids is 1. The molecule has 6 nitrogen and oxygen atoms in total. The van der Waals surface area contributed by atoms with E-state index in [9.17, 15) is 4.79 Å². The molecule has 0 radical (unpaired) electrons. The molecule has 0 spiro atoms. The molecule has 8 heteroatoms. The molecule has 1 atom stereocenters. The van der Waals surface area contributed by atoms with E-state index in [4.69, 9.17) is 9.57 Å². The smallest absolute Gasteiger partial charge is 0.272 e. The number of fused-ring (bicyclic) bond motifs is 1. The van der Waals surface area contributed by atoms with Gasteiger partial charge in [-0.1, -0.05) is 35.5 Å². The normalized spacial score (nSPS) is 12.6. The predicted octanol–water partition coefficient (Wildman–Crippen LogP) is 5.16. The highest BCUT2D eigenvalue weighted by Crippen LogP contribution is 2.24. The Morgan fingerprint density at radius 2 is 2.03 bits per heavy atom. The summed E-state index contributed by atoms with van der Waals surface area (Å²) in [4.78, 5) is 22.5. The topological polar surface area (TPSA) is 72.8 Å². The lowest BCUT2D eigenvalue weighted by Gasteiger charge is -2.24. The average molecular weight is 502 g/mol. The van der Waals surface area contributed by atoms with Crippen LogP contribution < -0.4 is 10.1 Å². The summed E-state index contributed by atoms with van der Waals surface area (Å²) in [5.41, 5.74) is 0.461. The minimum absolute atomic E-state index is 0.250. The summed E-state index contributed by atoms with van der Waals surface area (Å²) in [6.45, 7) is 4.05. The lowest BCUT2D eigenvalue weighted by Crippen LogP contribution is -2.49. The Morgan fingerprint density at radius 1 is 1.26 bits per heavy atom. The number of hydrogen-bond donors (Lipinski definition) is 1. The molecule has 2 aromatic carbocycles.